The largest absolute Gasteiger partial charge is 0.480 e. The third kappa shape index (κ3) is 4.62. The Balaban J connectivity index is 2.72. The number of urea groups is 1. The highest BCUT2D eigenvalue weighted by atomic mass is 16.5. The Labute approximate surface area is 117 Å². The number of hydrogen-bond donors (Lipinski definition) is 2. The summed E-state index contributed by atoms with van der Waals surface area (Å²) < 4.78 is 10.2. The average molecular weight is 290 g/mol. The maximum atomic E-state index is 12.4. The predicted molar refractivity (Wildman–Crippen MR) is 69.5 cm³/mol. The van der Waals surface area contributed by atoms with Crippen LogP contribution in [-0.4, -0.2) is 90.7 Å². The summed E-state index contributed by atoms with van der Waals surface area (Å²) in [7, 11) is 1.49. The van der Waals surface area contributed by atoms with Gasteiger partial charge in [0.05, 0.1) is 38.5 Å². The van der Waals surface area contributed by atoms with Gasteiger partial charge in [-0.05, 0) is 6.92 Å². The van der Waals surface area contributed by atoms with E-state index in [0.29, 0.717) is 6.61 Å². The molecule has 1 fully saturated rings. The molecule has 1 heterocycles. The molecular formula is C12H22N2O6. The number of aliphatic carboxylic acids is 1. The second-order valence-electron chi connectivity index (χ2n) is 4.73. The van der Waals surface area contributed by atoms with E-state index in [0.717, 1.165) is 0 Å². The van der Waals surface area contributed by atoms with Crippen LogP contribution in [0.2, 0.25) is 0 Å². The zero-order valence-electron chi connectivity index (χ0n) is 11.8. The molecule has 8 heteroatoms. The standard InChI is InChI=1S/C12H22N2O6/c1-9-8-20-10(7-15)5-14(9)12(18)13(3-4-19-2)6-11(16)17/h9-10,15H,3-8H2,1-2H3,(H,16,17). The first-order valence-corrected chi connectivity index (χ1v) is 6.48. The van der Waals surface area contributed by atoms with Gasteiger partial charge in [0.25, 0.3) is 0 Å². The van der Waals surface area contributed by atoms with E-state index in [1.165, 1.54) is 16.9 Å². The molecule has 1 aliphatic rings. The zero-order valence-corrected chi connectivity index (χ0v) is 11.8. The van der Waals surface area contributed by atoms with Gasteiger partial charge in [-0.2, -0.15) is 0 Å². The van der Waals surface area contributed by atoms with Gasteiger partial charge in [-0.15, -0.1) is 0 Å². The number of morpholine rings is 1. The number of amides is 2. The van der Waals surface area contributed by atoms with Gasteiger partial charge >= 0.3 is 12.0 Å². The van der Waals surface area contributed by atoms with Crippen molar-refractivity contribution in [1.29, 1.82) is 0 Å². The predicted octanol–water partition coefficient (Wildman–Crippen LogP) is -0.779. The Bertz CT molecular complexity index is 338. The molecule has 116 valence electrons. The van der Waals surface area contributed by atoms with E-state index in [9.17, 15) is 9.59 Å². The average Bonchev–Trinajstić information content (AvgIpc) is 2.43. The van der Waals surface area contributed by atoms with Crippen LogP contribution in [0.15, 0.2) is 0 Å². The lowest BCUT2D eigenvalue weighted by Gasteiger charge is -2.39. The van der Waals surface area contributed by atoms with Gasteiger partial charge in [0.2, 0.25) is 0 Å². The number of nitrogens with zero attached hydrogens (tertiary/aromatic N) is 2. The van der Waals surface area contributed by atoms with Crippen molar-refractivity contribution >= 4 is 12.0 Å². The monoisotopic (exact) mass is 290 g/mol. The second kappa shape index (κ2) is 8.03. The quantitative estimate of drug-likeness (QED) is 0.666. The van der Waals surface area contributed by atoms with Gasteiger partial charge in [0.15, 0.2) is 0 Å². The number of carbonyl (C=O) groups excluding carboxylic acids is 1. The number of hydrogen-bond acceptors (Lipinski definition) is 5. The molecule has 0 aromatic rings. The lowest BCUT2D eigenvalue weighted by Crippen LogP contribution is -2.57. The van der Waals surface area contributed by atoms with Crippen LogP contribution in [0, 0.1) is 0 Å². The molecule has 0 aliphatic carbocycles. The van der Waals surface area contributed by atoms with Crippen molar-refractivity contribution < 1.29 is 29.3 Å². The molecule has 2 amide bonds. The zero-order chi connectivity index (χ0) is 15.1. The maximum Gasteiger partial charge on any atom is 0.323 e. The fourth-order valence-electron chi connectivity index (χ4n) is 1.98. The Kier molecular flexibility index (Phi) is 6.69. The molecule has 0 saturated carbocycles. The van der Waals surface area contributed by atoms with Crippen LogP contribution in [0.25, 0.3) is 0 Å². The fraction of sp³-hybridized carbons (Fsp3) is 0.833. The third-order valence-electron chi connectivity index (χ3n) is 3.12. The molecule has 0 radical (unpaired) electrons. The first-order valence-electron chi connectivity index (χ1n) is 6.48. The highest BCUT2D eigenvalue weighted by molar-refractivity contribution is 5.80. The van der Waals surface area contributed by atoms with E-state index in [4.69, 9.17) is 19.7 Å². The highest BCUT2D eigenvalue weighted by Crippen LogP contribution is 2.14. The molecule has 1 aliphatic heterocycles. The van der Waals surface area contributed by atoms with Crippen LogP contribution in [-0.2, 0) is 14.3 Å². The minimum Gasteiger partial charge on any atom is -0.480 e. The Morgan fingerprint density at radius 2 is 2.20 bits per heavy atom. The Hall–Kier alpha value is -1.38. The fourth-order valence-corrected chi connectivity index (χ4v) is 1.98. The minimum atomic E-state index is -1.07. The molecule has 2 N–H and O–H groups in total. The summed E-state index contributed by atoms with van der Waals surface area (Å²) in [6, 6.07) is -0.539. The topological polar surface area (TPSA) is 99.5 Å². The molecule has 2 atom stereocenters. The van der Waals surface area contributed by atoms with E-state index in [2.05, 4.69) is 0 Å². The van der Waals surface area contributed by atoms with Crippen molar-refractivity contribution in [2.45, 2.75) is 19.1 Å². The van der Waals surface area contributed by atoms with Gasteiger partial charge < -0.3 is 29.5 Å². The van der Waals surface area contributed by atoms with Crippen molar-refractivity contribution in [3.63, 3.8) is 0 Å². The van der Waals surface area contributed by atoms with Crippen LogP contribution in [0.3, 0.4) is 0 Å². The third-order valence-corrected chi connectivity index (χ3v) is 3.12. The van der Waals surface area contributed by atoms with E-state index in [-0.39, 0.29) is 44.9 Å². The lowest BCUT2D eigenvalue weighted by molar-refractivity contribution is -0.138. The molecule has 0 bridgehead atoms. The van der Waals surface area contributed by atoms with Crippen LogP contribution in [0.1, 0.15) is 6.92 Å². The first-order chi connectivity index (χ1) is 9.49. The summed E-state index contributed by atoms with van der Waals surface area (Å²) in [5.41, 5.74) is 0. The summed E-state index contributed by atoms with van der Waals surface area (Å²) in [4.78, 5) is 26.0. The highest BCUT2D eigenvalue weighted by Gasteiger charge is 2.32. The van der Waals surface area contributed by atoms with Crippen molar-refractivity contribution in [3.05, 3.63) is 0 Å². The van der Waals surface area contributed by atoms with Gasteiger partial charge in [-0.3, -0.25) is 4.79 Å². The van der Waals surface area contributed by atoms with E-state index >= 15 is 0 Å². The number of carbonyl (C=O) groups is 2. The Morgan fingerprint density at radius 3 is 2.75 bits per heavy atom. The minimum absolute atomic E-state index is 0.163. The number of carboxylic acids is 1. The maximum absolute atomic E-state index is 12.4. The van der Waals surface area contributed by atoms with Crippen molar-refractivity contribution in [1.82, 2.24) is 9.80 Å². The van der Waals surface area contributed by atoms with Gasteiger partial charge in [0, 0.05) is 13.7 Å². The van der Waals surface area contributed by atoms with Gasteiger partial charge in [-0.25, -0.2) is 4.79 Å². The summed E-state index contributed by atoms with van der Waals surface area (Å²) in [6.45, 7) is 2.31. The number of carboxylic acid groups (broad SMARTS) is 1. The van der Waals surface area contributed by atoms with E-state index in [1.807, 2.05) is 6.92 Å². The molecule has 1 rings (SSSR count). The number of methoxy groups -OCH3 is 1. The Morgan fingerprint density at radius 1 is 1.50 bits per heavy atom. The number of aliphatic hydroxyl groups is 1. The molecule has 0 spiro atoms. The molecule has 1 saturated heterocycles. The van der Waals surface area contributed by atoms with Crippen LogP contribution in [0.4, 0.5) is 4.79 Å². The SMILES string of the molecule is COCCN(CC(=O)O)C(=O)N1CC(CO)OCC1C. The second-order valence-corrected chi connectivity index (χ2v) is 4.73. The van der Waals surface area contributed by atoms with Crippen molar-refractivity contribution in [2.75, 3.05) is 46.6 Å². The molecule has 2 unspecified atom stereocenters. The molecule has 0 aromatic heterocycles. The molecule has 20 heavy (non-hydrogen) atoms. The van der Waals surface area contributed by atoms with Crippen molar-refractivity contribution in [2.24, 2.45) is 0 Å². The summed E-state index contributed by atoms with van der Waals surface area (Å²) in [5, 5.41) is 18.0. The van der Waals surface area contributed by atoms with Crippen molar-refractivity contribution in [3.8, 4) is 0 Å². The number of rotatable bonds is 6. The van der Waals surface area contributed by atoms with Crippen LogP contribution < -0.4 is 0 Å². The van der Waals surface area contributed by atoms with E-state index < -0.39 is 12.1 Å². The summed E-state index contributed by atoms with van der Waals surface area (Å²) in [5.74, 6) is -1.07. The first kappa shape index (κ1) is 16.7. The molecular weight excluding hydrogens is 268 g/mol. The van der Waals surface area contributed by atoms with Gasteiger partial charge in [-0.1, -0.05) is 0 Å². The number of aliphatic hydroxyl groups excluding tert-OH is 1. The molecule has 0 aromatic carbocycles. The summed E-state index contributed by atoms with van der Waals surface area (Å²) >= 11 is 0. The van der Waals surface area contributed by atoms with Crippen LogP contribution in [0.5, 0.6) is 0 Å². The number of ether oxygens (including phenoxy) is 2. The normalized spacial score (nSPS) is 22.6. The molecule has 8 nitrogen and oxygen atoms in total. The smallest absolute Gasteiger partial charge is 0.323 e. The lowest BCUT2D eigenvalue weighted by atomic mass is 10.2. The van der Waals surface area contributed by atoms with E-state index in [1.54, 1.807) is 0 Å². The van der Waals surface area contributed by atoms with Crippen LogP contribution >= 0.6 is 0 Å². The summed E-state index contributed by atoms with van der Waals surface area (Å²) in [6.07, 6.45) is -0.427. The van der Waals surface area contributed by atoms with Gasteiger partial charge in [0.1, 0.15) is 6.54 Å².